The van der Waals surface area contributed by atoms with Crippen molar-refractivity contribution in [2.45, 2.75) is 44.1 Å². The first kappa shape index (κ1) is 19.2. The minimum Gasteiger partial charge on any atom is -0.326 e. The zero-order chi connectivity index (χ0) is 21.7. The molecule has 6 rings (SSSR count). The van der Waals surface area contributed by atoms with Crippen molar-refractivity contribution in [1.29, 1.82) is 0 Å². The van der Waals surface area contributed by atoms with E-state index in [9.17, 15) is 4.79 Å². The number of carbonyl (C=O) groups is 1. The predicted molar refractivity (Wildman–Crippen MR) is 123 cm³/mol. The van der Waals surface area contributed by atoms with Crippen molar-refractivity contribution in [3.8, 4) is 0 Å². The van der Waals surface area contributed by atoms with Crippen molar-refractivity contribution in [2.75, 3.05) is 22.1 Å². The summed E-state index contributed by atoms with van der Waals surface area (Å²) < 4.78 is 1.89. The van der Waals surface area contributed by atoms with E-state index in [-0.39, 0.29) is 5.91 Å². The Morgan fingerprint density at radius 1 is 1.34 bits per heavy atom. The molecule has 0 radical (unpaired) electrons. The van der Waals surface area contributed by atoms with E-state index in [1.807, 2.05) is 46.0 Å². The number of aromatic nitrogens is 6. The highest BCUT2D eigenvalue weighted by Gasteiger charge is 2.45. The van der Waals surface area contributed by atoms with Crippen LogP contribution in [0.5, 0.6) is 0 Å². The van der Waals surface area contributed by atoms with Gasteiger partial charge in [-0.1, -0.05) is 0 Å². The standard InChI is InChI=1S/C21H23N9OS/c1-21(17(31)25-20-22-8-11-32-20)7-3-10-30(21)19-24-16-4-2-9-29(16)18(26-19)23-15-12-14(27-28-15)13-5-6-13/h2,4,8-9,11-13H,3,5-7,10H2,1H3,(H,22,25,31)(H2,23,24,26,27,28). The maximum absolute atomic E-state index is 13.2. The van der Waals surface area contributed by atoms with E-state index in [2.05, 4.69) is 25.8 Å². The van der Waals surface area contributed by atoms with Crippen LogP contribution in [-0.4, -0.2) is 47.5 Å². The van der Waals surface area contributed by atoms with E-state index >= 15 is 0 Å². The fourth-order valence-electron chi connectivity index (χ4n) is 4.28. The maximum atomic E-state index is 13.2. The van der Waals surface area contributed by atoms with E-state index in [4.69, 9.17) is 9.97 Å². The molecule has 2 aliphatic rings. The van der Waals surface area contributed by atoms with Gasteiger partial charge in [0, 0.05) is 42.0 Å². The molecule has 3 N–H and O–H groups in total. The molecular formula is C21H23N9OS. The topological polar surface area (TPSA) is 116 Å². The highest BCUT2D eigenvalue weighted by Crippen LogP contribution is 2.40. The molecule has 1 atom stereocenters. The fraction of sp³-hybridized carbons (Fsp3) is 0.381. The van der Waals surface area contributed by atoms with Crippen LogP contribution in [0.2, 0.25) is 0 Å². The Bertz CT molecular complexity index is 1280. The molecule has 0 aromatic carbocycles. The molecule has 1 saturated heterocycles. The van der Waals surface area contributed by atoms with Crippen molar-refractivity contribution in [2.24, 2.45) is 0 Å². The molecule has 1 aliphatic heterocycles. The molecule has 32 heavy (non-hydrogen) atoms. The summed E-state index contributed by atoms with van der Waals surface area (Å²) in [5.41, 5.74) is 1.14. The Hall–Kier alpha value is -3.47. The molecule has 164 valence electrons. The van der Waals surface area contributed by atoms with Gasteiger partial charge in [-0.25, -0.2) is 4.98 Å². The predicted octanol–water partition coefficient (Wildman–Crippen LogP) is 3.53. The molecule has 1 aliphatic carbocycles. The maximum Gasteiger partial charge on any atom is 0.251 e. The molecule has 0 bridgehead atoms. The second-order valence-electron chi connectivity index (χ2n) is 8.51. The molecule has 0 spiro atoms. The van der Waals surface area contributed by atoms with Crippen LogP contribution in [-0.2, 0) is 4.79 Å². The van der Waals surface area contributed by atoms with Gasteiger partial charge in [-0.3, -0.25) is 19.6 Å². The first-order valence-electron chi connectivity index (χ1n) is 10.8. The van der Waals surface area contributed by atoms with Gasteiger partial charge in [0.25, 0.3) is 5.91 Å². The second-order valence-corrected chi connectivity index (χ2v) is 9.41. The number of nitrogens with zero attached hydrogens (tertiary/aromatic N) is 6. The zero-order valence-corrected chi connectivity index (χ0v) is 18.4. The minimum absolute atomic E-state index is 0.0975. The first-order chi connectivity index (χ1) is 15.6. The quantitative estimate of drug-likeness (QED) is 0.412. The lowest BCUT2D eigenvalue weighted by molar-refractivity contribution is -0.120. The van der Waals surface area contributed by atoms with Gasteiger partial charge in [-0.05, 0) is 44.7 Å². The lowest BCUT2D eigenvalue weighted by Gasteiger charge is -2.33. The van der Waals surface area contributed by atoms with Gasteiger partial charge in [0.2, 0.25) is 11.9 Å². The van der Waals surface area contributed by atoms with Gasteiger partial charge >= 0.3 is 0 Å². The Morgan fingerprint density at radius 2 is 2.25 bits per heavy atom. The summed E-state index contributed by atoms with van der Waals surface area (Å²) in [7, 11) is 0. The molecule has 1 amide bonds. The van der Waals surface area contributed by atoms with Crippen molar-refractivity contribution >= 4 is 45.7 Å². The summed E-state index contributed by atoms with van der Waals surface area (Å²) in [6, 6.07) is 5.90. The fourth-order valence-corrected chi connectivity index (χ4v) is 4.81. The average molecular weight is 450 g/mol. The molecular weight excluding hydrogens is 426 g/mol. The van der Waals surface area contributed by atoms with Crippen molar-refractivity contribution < 1.29 is 4.79 Å². The number of nitrogens with one attached hydrogen (secondary N) is 3. The number of aromatic amines is 1. The Morgan fingerprint density at radius 3 is 3.06 bits per heavy atom. The number of fused-ring (bicyclic) bond motifs is 1. The Labute approximate surface area is 188 Å². The van der Waals surface area contributed by atoms with Gasteiger partial charge in [0.15, 0.2) is 10.9 Å². The third-order valence-corrected chi connectivity index (χ3v) is 6.94. The first-order valence-corrected chi connectivity index (χ1v) is 11.6. The van der Waals surface area contributed by atoms with Gasteiger partial charge in [0.1, 0.15) is 11.2 Å². The summed E-state index contributed by atoms with van der Waals surface area (Å²) in [6.45, 7) is 2.64. The molecule has 4 aromatic heterocycles. The summed E-state index contributed by atoms with van der Waals surface area (Å²) in [5, 5.41) is 16.2. The summed E-state index contributed by atoms with van der Waals surface area (Å²) in [5.74, 6) is 2.34. The van der Waals surface area contributed by atoms with E-state index < -0.39 is 5.54 Å². The molecule has 1 unspecified atom stereocenters. The van der Waals surface area contributed by atoms with E-state index in [0.29, 0.717) is 35.9 Å². The van der Waals surface area contributed by atoms with Crippen LogP contribution in [0.15, 0.2) is 36.0 Å². The Balaban J connectivity index is 1.33. The molecule has 5 heterocycles. The van der Waals surface area contributed by atoms with Gasteiger partial charge in [0.05, 0.1) is 0 Å². The van der Waals surface area contributed by atoms with Crippen molar-refractivity contribution in [3.63, 3.8) is 0 Å². The molecule has 4 aromatic rings. The van der Waals surface area contributed by atoms with Crippen molar-refractivity contribution in [3.05, 3.63) is 41.7 Å². The van der Waals surface area contributed by atoms with E-state index in [1.54, 1.807) is 6.20 Å². The van der Waals surface area contributed by atoms with E-state index in [0.717, 1.165) is 23.6 Å². The summed E-state index contributed by atoms with van der Waals surface area (Å²) >= 11 is 1.40. The molecule has 11 heteroatoms. The zero-order valence-electron chi connectivity index (χ0n) is 17.6. The smallest absolute Gasteiger partial charge is 0.251 e. The molecule has 2 fully saturated rings. The van der Waals surface area contributed by atoms with Crippen LogP contribution in [0.3, 0.4) is 0 Å². The van der Waals surface area contributed by atoms with Crippen molar-refractivity contribution in [1.82, 2.24) is 29.5 Å². The number of amides is 1. The number of anilines is 4. The van der Waals surface area contributed by atoms with Crippen LogP contribution in [0.1, 0.15) is 44.2 Å². The number of hydrogen-bond donors (Lipinski definition) is 3. The van der Waals surface area contributed by atoms with Gasteiger partial charge < -0.3 is 10.2 Å². The average Bonchev–Trinajstić information content (AvgIpc) is 3.22. The number of thiazole rings is 1. The lowest BCUT2D eigenvalue weighted by Crippen LogP contribution is -2.51. The number of hydrogen-bond acceptors (Lipinski definition) is 8. The normalized spacial score (nSPS) is 20.7. The Kier molecular flexibility index (Phi) is 4.39. The van der Waals surface area contributed by atoms with Crippen LogP contribution < -0.4 is 15.5 Å². The third kappa shape index (κ3) is 3.29. The number of H-pyrrole nitrogens is 1. The van der Waals surface area contributed by atoms with Crippen LogP contribution in [0.4, 0.5) is 22.8 Å². The second kappa shape index (κ2) is 7.30. The largest absolute Gasteiger partial charge is 0.326 e. The van der Waals surface area contributed by atoms with Crippen LogP contribution in [0, 0.1) is 0 Å². The van der Waals surface area contributed by atoms with Crippen LogP contribution in [0.25, 0.3) is 5.65 Å². The minimum atomic E-state index is -0.765. The number of rotatable bonds is 6. The summed E-state index contributed by atoms with van der Waals surface area (Å²) in [6.07, 6.45) is 7.60. The highest BCUT2D eigenvalue weighted by atomic mass is 32.1. The molecule has 1 saturated carbocycles. The van der Waals surface area contributed by atoms with Crippen LogP contribution >= 0.6 is 11.3 Å². The van der Waals surface area contributed by atoms with Gasteiger partial charge in [-0.2, -0.15) is 15.1 Å². The monoisotopic (exact) mass is 449 g/mol. The van der Waals surface area contributed by atoms with Gasteiger partial charge in [-0.15, -0.1) is 11.3 Å². The van der Waals surface area contributed by atoms with E-state index in [1.165, 1.54) is 24.2 Å². The highest BCUT2D eigenvalue weighted by molar-refractivity contribution is 7.13. The third-order valence-electron chi connectivity index (χ3n) is 6.26. The molecule has 10 nitrogen and oxygen atoms in total. The lowest BCUT2D eigenvalue weighted by atomic mass is 9.98. The number of carbonyl (C=O) groups excluding carboxylic acids is 1. The SMILES string of the molecule is CC1(C(=O)Nc2nccs2)CCCN1c1nc(Nc2cc(C3CC3)[nH]n2)n2cccc2n1. The summed E-state index contributed by atoms with van der Waals surface area (Å²) in [4.78, 5) is 29.0.